The third-order valence-electron chi connectivity index (χ3n) is 4.77. The van der Waals surface area contributed by atoms with Crippen LogP contribution < -0.4 is 4.90 Å². The number of carbonyl (C=O) groups is 1. The third kappa shape index (κ3) is 3.83. The van der Waals surface area contributed by atoms with E-state index < -0.39 is 0 Å². The van der Waals surface area contributed by atoms with Crippen molar-refractivity contribution in [1.29, 1.82) is 0 Å². The number of hydrogen-bond acceptors (Lipinski definition) is 4. The first-order chi connectivity index (χ1) is 12.5. The van der Waals surface area contributed by atoms with Crippen molar-refractivity contribution in [1.82, 2.24) is 14.9 Å². The quantitative estimate of drug-likeness (QED) is 0.771. The fourth-order valence-corrected chi connectivity index (χ4v) is 3.62. The summed E-state index contributed by atoms with van der Waals surface area (Å²) in [6.07, 6.45) is 0. The third-order valence-corrected chi connectivity index (χ3v) is 5.00. The Morgan fingerprint density at radius 2 is 1.77 bits per heavy atom. The van der Waals surface area contributed by atoms with E-state index in [4.69, 9.17) is 21.6 Å². The average Bonchev–Trinajstić information content (AvgIpc) is 2.67. The number of carbonyl (C=O) groups excluding carboxylic acids is 1. The minimum Gasteiger partial charge on any atom is -0.353 e. The molecule has 6 heteroatoms. The van der Waals surface area contributed by atoms with Crippen LogP contribution in [0.25, 0.3) is 11.4 Å². The summed E-state index contributed by atoms with van der Waals surface area (Å²) in [5.41, 5.74) is 3.22. The fourth-order valence-electron chi connectivity index (χ4n) is 3.45. The molecule has 5 nitrogen and oxygen atoms in total. The van der Waals surface area contributed by atoms with Gasteiger partial charge in [-0.1, -0.05) is 44.2 Å². The van der Waals surface area contributed by atoms with Gasteiger partial charge in [-0.25, -0.2) is 9.97 Å². The van der Waals surface area contributed by atoms with Crippen molar-refractivity contribution in [3.63, 3.8) is 0 Å². The number of anilines is 1. The van der Waals surface area contributed by atoms with Crippen LogP contribution in [0, 0.1) is 6.92 Å². The molecular weight excluding hydrogens is 348 g/mol. The maximum absolute atomic E-state index is 11.8. The number of aromatic nitrogens is 2. The van der Waals surface area contributed by atoms with E-state index in [0.717, 1.165) is 36.0 Å². The molecule has 1 aliphatic heterocycles. The molecular formula is C20H25ClN4O. The first kappa shape index (κ1) is 18.6. The zero-order chi connectivity index (χ0) is 18.7. The molecule has 26 heavy (non-hydrogen) atoms. The number of alkyl halides is 1. The number of nitrogens with zero attached hydrogens (tertiary/aromatic N) is 4. The Bertz CT molecular complexity index is 771. The lowest BCUT2D eigenvalue weighted by molar-refractivity contribution is -0.128. The van der Waals surface area contributed by atoms with E-state index in [9.17, 15) is 4.79 Å². The van der Waals surface area contributed by atoms with Crippen molar-refractivity contribution in [2.45, 2.75) is 26.7 Å². The van der Waals surface area contributed by atoms with Gasteiger partial charge in [0.2, 0.25) is 5.91 Å². The van der Waals surface area contributed by atoms with Crippen molar-refractivity contribution in [3.8, 4) is 11.4 Å². The van der Waals surface area contributed by atoms with E-state index in [1.165, 1.54) is 5.56 Å². The van der Waals surface area contributed by atoms with Gasteiger partial charge in [-0.15, -0.1) is 11.6 Å². The van der Waals surface area contributed by atoms with Gasteiger partial charge < -0.3 is 9.80 Å². The monoisotopic (exact) mass is 372 g/mol. The number of aryl methyl sites for hydroxylation is 1. The Kier molecular flexibility index (Phi) is 5.77. The molecule has 0 spiro atoms. The normalized spacial score (nSPS) is 14.8. The topological polar surface area (TPSA) is 49.3 Å². The molecule has 1 saturated heterocycles. The van der Waals surface area contributed by atoms with Crippen molar-refractivity contribution in [2.24, 2.45) is 0 Å². The van der Waals surface area contributed by atoms with Gasteiger partial charge in [0, 0.05) is 43.0 Å². The van der Waals surface area contributed by atoms with Crippen molar-refractivity contribution in [2.75, 3.05) is 37.0 Å². The number of rotatable bonds is 4. The minimum atomic E-state index is -0.000701. The molecule has 138 valence electrons. The number of piperazine rings is 1. The van der Waals surface area contributed by atoms with Gasteiger partial charge in [0.05, 0.1) is 0 Å². The van der Waals surface area contributed by atoms with Gasteiger partial charge in [-0.2, -0.15) is 0 Å². The highest BCUT2D eigenvalue weighted by Gasteiger charge is 2.25. The van der Waals surface area contributed by atoms with Gasteiger partial charge in [0.15, 0.2) is 5.82 Å². The number of amides is 1. The molecule has 2 heterocycles. The molecule has 1 amide bonds. The SMILES string of the molecule is Cc1nc(-c2ccccc2)nc(N2CCN(C(=O)CCl)CC2)c1C(C)C. The van der Waals surface area contributed by atoms with Gasteiger partial charge in [0.1, 0.15) is 11.7 Å². The van der Waals surface area contributed by atoms with Gasteiger partial charge in [-0.05, 0) is 12.8 Å². The second kappa shape index (κ2) is 8.04. The first-order valence-electron chi connectivity index (χ1n) is 9.04. The highest BCUT2D eigenvalue weighted by Crippen LogP contribution is 2.31. The highest BCUT2D eigenvalue weighted by molar-refractivity contribution is 6.27. The van der Waals surface area contributed by atoms with Gasteiger partial charge in [0.25, 0.3) is 0 Å². The highest BCUT2D eigenvalue weighted by atomic mass is 35.5. The van der Waals surface area contributed by atoms with E-state index in [2.05, 4.69) is 25.7 Å². The predicted molar refractivity (Wildman–Crippen MR) is 106 cm³/mol. The summed E-state index contributed by atoms with van der Waals surface area (Å²) in [4.78, 5) is 25.6. The summed E-state index contributed by atoms with van der Waals surface area (Å²) in [6.45, 7) is 9.26. The molecule has 1 fully saturated rings. The smallest absolute Gasteiger partial charge is 0.237 e. The molecule has 0 unspecified atom stereocenters. The first-order valence-corrected chi connectivity index (χ1v) is 9.57. The summed E-state index contributed by atoms with van der Waals surface area (Å²) >= 11 is 5.69. The van der Waals surface area contributed by atoms with E-state index in [1.807, 2.05) is 35.2 Å². The maximum Gasteiger partial charge on any atom is 0.237 e. The van der Waals surface area contributed by atoms with Crippen LogP contribution in [0.1, 0.15) is 31.0 Å². The summed E-state index contributed by atoms with van der Waals surface area (Å²) in [5, 5.41) is 0. The van der Waals surface area contributed by atoms with E-state index in [1.54, 1.807) is 0 Å². The number of benzene rings is 1. The lowest BCUT2D eigenvalue weighted by Crippen LogP contribution is -2.49. The van der Waals surface area contributed by atoms with Crippen LogP contribution in [0.4, 0.5) is 5.82 Å². The standard InChI is InChI=1S/C20H25ClN4O/c1-14(2)18-15(3)22-19(16-7-5-4-6-8-16)23-20(18)25-11-9-24(10-12-25)17(26)13-21/h4-8,14H,9-13H2,1-3H3. The number of hydrogen-bond donors (Lipinski definition) is 0. The van der Waals surface area contributed by atoms with Crippen molar-refractivity contribution < 1.29 is 4.79 Å². The summed E-state index contributed by atoms with van der Waals surface area (Å²) in [7, 11) is 0. The van der Waals surface area contributed by atoms with Crippen LogP contribution in [-0.4, -0.2) is 52.8 Å². The maximum atomic E-state index is 11.8. The van der Waals surface area contributed by atoms with Crippen LogP contribution in [-0.2, 0) is 4.79 Å². The Labute approximate surface area is 160 Å². The number of halogens is 1. The largest absolute Gasteiger partial charge is 0.353 e. The van der Waals surface area contributed by atoms with Crippen LogP contribution in [0.5, 0.6) is 0 Å². The minimum absolute atomic E-state index is 0.000701. The predicted octanol–water partition coefficient (Wildman–Crippen LogP) is 3.46. The van der Waals surface area contributed by atoms with E-state index >= 15 is 0 Å². The van der Waals surface area contributed by atoms with Crippen LogP contribution >= 0.6 is 11.6 Å². The zero-order valence-electron chi connectivity index (χ0n) is 15.6. The molecule has 3 rings (SSSR count). The van der Waals surface area contributed by atoms with Gasteiger partial charge in [-0.3, -0.25) is 4.79 Å². The average molecular weight is 373 g/mol. The zero-order valence-corrected chi connectivity index (χ0v) is 16.3. The summed E-state index contributed by atoms with van der Waals surface area (Å²) in [5.74, 6) is 2.12. The fraction of sp³-hybridized carbons (Fsp3) is 0.450. The van der Waals surface area contributed by atoms with Crippen LogP contribution in [0.15, 0.2) is 30.3 Å². The molecule has 0 aliphatic carbocycles. The Morgan fingerprint density at radius 3 is 2.35 bits per heavy atom. The Hall–Kier alpha value is -2.14. The van der Waals surface area contributed by atoms with Crippen LogP contribution in [0.2, 0.25) is 0 Å². The molecule has 0 radical (unpaired) electrons. The van der Waals surface area contributed by atoms with Crippen molar-refractivity contribution in [3.05, 3.63) is 41.6 Å². The van der Waals surface area contributed by atoms with E-state index in [-0.39, 0.29) is 11.8 Å². The van der Waals surface area contributed by atoms with E-state index in [0.29, 0.717) is 19.0 Å². The molecule has 0 saturated carbocycles. The Balaban J connectivity index is 1.95. The molecule has 1 aromatic heterocycles. The second-order valence-corrected chi connectivity index (χ2v) is 7.16. The molecule has 1 aromatic carbocycles. The molecule has 0 N–H and O–H groups in total. The van der Waals surface area contributed by atoms with Gasteiger partial charge >= 0.3 is 0 Å². The molecule has 0 bridgehead atoms. The molecule has 0 atom stereocenters. The lowest BCUT2D eigenvalue weighted by Gasteiger charge is -2.36. The lowest BCUT2D eigenvalue weighted by atomic mass is 10.0. The molecule has 2 aromatic rings. The second-order valence-electron chi connectivity index (χ2n) is 6.89. The Morgan fingerprint density at radius 1 is 1.12 bits per heavy atom. The summed E-state index contributed by atoms with van der Waals surface area (Å²) < 4.78 is 0. The molecule has 1 aliphatic rings. The summed E-state index contributed by atoms with van der Waals surface area (Å²) in [6, 6.07) is 10.1. The van der Waals surface area contributed by atoms with Crippen molar-refractivity contribution >= 4 is 23.3 Å². The van der Waals surface area contributed by atoms with Crippen LogP contribution in [0.3, 0.4) is 0 Å².